The molecule has 2 nitrogen and oxygen atoms in total. The highest BCUT2D eigenvalue weighted by Gasteiger charge is 2.23. The molecule has 0 radical (unpaired) electrons. The molecule has 1 saturated carbocycles. The first-order valence-corrected chi connectivity index (χ1v) is 3.80. The van der Waals surface area contributed by atoms with Gasteiger partial charge in [0, 0.05) is 10.9 Å². The molecular weight excluding hydrogens is 170 g/mol. The number of hydroxylamine groups is 1. The molecule has 2 N–H and O–H groups in total. The van der Waals surface area contributed by atoms with E-state index in [2.05, 4.69) is 21.4 Å². The van der Waals surface area contributed by atoms with Gasteiger partial charge in [-0.2, -0.15) is 0 Å². The summed E-state index contributed by atoms with van der Waals surface area (Å²) in [5, 5.41) is 8.46. The third-order valence-corrected chi connectivity index (χ3v) is 2.69. The predicted octanol–water partition coefficient (Wildman–Crippen LogP) is 1.28. The Bertz CT molecular complexity index is 78.8. The number of alkyl halides is 1. The van der Waals surface area contributed by atoms with E-state index in [4.69, 9.17) is 5.21 Å². The lowest BCUT2D eigenvalue weighted by atomic mass is 10.3. The Morgan fingerprint density at radius 1 is 1.50 bits per heavy atom. The van der Waals surface area contributed by atoms with Gasteiger partial charge in [-0.25, -0.2) is 5.48 Å². The first kappa shape index (κ1) is 6.52. The summed E-state index contributed by atoms with van der Waals surface area (Å²) in [4.78, 5) is 0.479. The molecule has 1 aliphatic rings. The Morgan fingerprint density at radius 2 is 2.25 bits per heavy atom. The van der Waals surface area contributed by atoms with Gasteiger partial charge in [0.05, 0.1) is 0 Å². The summed E-state index contributed by atoms with van der Waals surface area (Å²) in [7, 11) is 0. The Labute approximate surface area is 57.4 Å². The van der Waals surface area contributed by atoms with E-state index in [0.717, 1.165) is 6.42 Å². The number of hydrogen-bond acceptors (Lipinski definition) is 2. The van der Waals surface area contributed by atoms with Crippen LogP contribution in [0.3, 0.4) is 0 Å². The van der Waals surface area contributed by atoms with E-state index in [1.807, 2.05) is 0 Å². The molecule has 2 atom stereocenters. The lowest BCUT2D eigenvalue weighted by Crippen LogP contribution is -2.29. The standard InChI is InChI=1S/C5H10BrNO/c6-4-2-1-3-5(4)7-8/h4-5,7-8H,1-3H2. The van der Waals surface area contributed by atoms with Gasteiger partial charge in [0.25, 0.3) is 0 Å². The van der Waals surface area contributed by atoms with Crippen molar-refractivity contribution >= 4 is 15.9 Å². The molecule has 0 heterocycles. The fraction of sp³-hybridized carbons (Fsp3) is 1.00. The Kier molecular flexibility index (Phi) is 2.28. The van der Waals surface area contributed by atoms with Gasteiger partial charge in [-0.05, 0) is 12.8 Å². The normalized spacial score (nSPS) is 38.2. The molecule has 0 aromatic rings. The monoisotopic (exact) mass is 179 g/mol. The molecular formula is C5H10BrNO. The van der Waals surface area contributed by atoms with Crippen molar-refractivity contribution in [3.8, 4) is 0 Å². The number of nitrogens with one attached hydrogen (secondary N) is 1. The van der Waals surface area contributed by atoms with E-state index in [0.29, 0.717) is 4.83 Å². The minimum absolute atomic E-state index is 0.287. The highest BCUT2D eigenvalue weighted by Crippen LogP contribution is 2.24. The third-order valence-electron chi connectivity index (χ3n) is 1.60. The second-order valence-corrected chi connectivity index (χ2v) is 3.36. The van der Waals surface area contributed by atoms with Gasteiger partial charge in [-0.15, -0.1) is 0 Å². The van der Waals surface area contributed by atoms with Crippen LogP contribution in [0, 0.1) is 0 Å². The molecule has 0 saturated heterocycles. The number of rotatable bonds is 1. The van der Waals surface area contributed by atoms with E-state index < -0.39 is 0 Å². The Hall–Kier alpha value is 0.400. The summed E-state index contributed by atoms with van der Waals surface area (Å²) in [6.45, 7) is 0. The molecule has 2 unspecified atom stereocenters. The van der Waals surface area contributed by atoms with Gasteiger partial charge in [0.2, 0.25) is 0 Å². The predicted molar refractivity (Wildman–Crippen MR) is 35.3 cm³/mol. The highest BCUT2D eigenvalue weighted by atomic mass is 79.9. The van der Waals surface area contributed by atoms with Crippen molar-refractivity contribution in [3.63, 3.8) is 0 Å². The lowest BCUT2D eigenvalue weighted by molar-refractivity contribution is 0.131. The van der Waals surface area contributed by atoms with Crippen LogP contribution in [0.1, 0.15) is 19.3 Å². The molecule has 0 aliphatic heterocycles. The number of halogens is 1. The smallest absolute Gasteiger partial charge is 0.0444 e. The first-order chi connectivity index (χ1) is 3.84. The maximum Gasteiger partial charge on any atom is 0.0444 e. The van der Waals surface area contributed by atoms with Gasteiger partial charge in [-0.3, -0.25) is 0 Å². The average molecular weight is 180 g/mol. The maximum atomic E-state index is 8.46. The van der Waals surface area contributed by atoms with Crippen molar-refractivity contribution in [2.24, 2.45) is 0 Å². The Morgan fingerprint density at radius 3 is 2.50 bits per heavy atom. The van der Waals surface area contributed by atoms with Crippen LogP contribution in [-0.4, -0.2) is 16.1 Å². The summed E-state index contributed by atoms with van der Waals surface area (Å²) >= 11 is 3.44. The zero-order valence-corrected chi connectivity index (χ0v) is 6.19. The van der Waals surface area contributed by atoms with Crippen LogP contribution in [0.5, 0.6) is 0 Å². The summed E-state index contributed by atoms with van der Waals surface area (Å²) < 4.78 is 0. The minimum atomic E-state index is 0.287. The van der Waals surface area contributed by atoms with Crippen LogP contribution in [-0.2, 0) is 0 Å². The van der Waals surface area contributed by atoms with Gasteiger partial charge in [0.1, 0.15) is 0 Å². The second-order valence-electron chi connectivity index (χ2n) is 2.18. The van der Waals surface area contributed by atoms with Crippen molar-refractivity contribution < 1.29 is 5.21 Å². The van der Waals surface area contributed by atoms with E-state index in [-0.39, 0.29) is 6.04 Å². The van der Waals surface area contributed by atoms with E-state index in [9.17, 15) is 0 Å². The average Bonchev–Trinajstić information content (AvgIpc) is 2.14. The van der Waals surface area contributed by atoms with Crippen molar-refractivity contribution in [2.75, 3.05) is 0 Å². The molecule has 0 bridgehead atoms. The van der Waals surface area contributed by atoms with Crippen molar-refractivity contribution in [3.05, 3.63) is 0 Å². The van der Waals surface area contributed by atoms with Crippen LogP contribution in [0.4, 0.5) is 0 Å². The SMILES string of the molecule is ONC1CCCC1Br. The van der Waals surface area contributed by atoms with Crippen LogP contribution in [0.2, 0.25) is 0 Å². The van der Waals surface area contributed by atoms with E-state index in [1.54, 1.807) is 0 Å². The maximum absolute atomic E-state index is 8.46. The molecule has 0 amide bonds. The van der Waals surface area contributed by atoms with E-state index in [1.165, 1.54) is 12.8 Å². The number of hydrogen-bond donors (Lipinski definition) is 2. The Balaban J connectivity index is 2.30. The zero-order valence-electron chi connectivity index (χ0n) is 4.60. The largest absolute Gasteiger partial charge is 0.317 e. The van der Waals surface area contributed by atoms with Gasteiger partial charge >= 0.3 is 0 Å². The summed E-state index contributed by atoms with van der Waals surface area (Å²) in [6.07, 6.45) is 3.48. The molecule has 48 valence electrons. The van der Waals surface area contributed by atoms with Crippen LogP contribution in [0.15, 0.2) is 0 Å². The first-order valence-electron chi connectivity index (χ1n) is 2.88. The second kappa shape index (κ2) is 2.80. The molecule has 0 spiro atoms. The minimum Gasteiger partial charge on any atom is -0.317 e. The van der Waals surface area contributed by atoms with Gasteiger partial charge in [-0.1, -0.05) is 22.4 Å². The third kappa shape index (κ3) is 1.21. The fourth-order valence-corrected chi connectivity index (χ4v) is 1.77. The highest BCUT2D eigenvalue weighted by molar-refractivity contribution is 9.09. The van der Waals surface area contributed by atoms with Crippen molar-refractivity contribution in [1.82, 2.24) is 5.48 Å². The summed E-state index contributed by atoms with van der Waals surface area (Å²) in [5.41, 5.74) is 2.27. The van der Waals surface area contributed by atoms with Crippen LogP contribution >= 0.6 is 15.9 Å². The molecule has 0 aromatic heterocycles. The van der Waals surface area contributed by atoms with Crippen LogP contribution < -0.4 is 5.48 Å². The van der Waals surface area contributed by atoms with Gasteiger partial charge in [0.15, 0.2) is 0 Å². The molecule has 8 heavy (non-hydrogen) atoms. The van der Waals surface area contributed by atoms with Gasteiger partial charge < -0.3 is 5.21 Å². The van der Waals surface area contributed by atoms with E-state index >= 15 is 0 Å². The molecule has 0 aromatic carbocycles. The van der Waals surface area contributed by atoms with Crippen molar-refractivity contribution in [2.45, 2.75) is 30.1 Å². The topological polar surface area (TPSA) is 32.3 Å². The summed E-state index contributed by atoms with van der Waals surface area (Å²) in [6, 6.07) is 0.287. The fourth-order valence-electron chi connectivity index (χ4n) is 1.06. The lowest BCUT2D eigenvalue weighted by Gasteiger charge is -2.09. The molecule has 1 rings (SSSR count). The van der Waals surface area contributed by atoms with Crippen LogP contribution in [0.25, 0.3) is 0 Å². The van der Waals surface area contributed by atoms with Crippen molar-refractivity contribution in [1.29, 1.82) is 0 Å². The summed E-state index contributed by atoms with van der Waals surface area (Å²) in [5.74, 6) is 0. The quantitative estimate of drug-likeness (QED) is 0.470. The molecule has 1 fully saturated rings. The molecule has 1 aliphatic carbocycles. The molecule has 3 heteroatoms. The zero-order chi connectivity index (χ0) is 5.98.